The molecule has 0 spiro atoms. The van der Waals surface area contributed by atoms with E-state index in [1.807, 2.05) is 20.8 Å². The van der Waals surface area contributed by atoms with Crippen LogP contribution in [0.15, 0.2) is 79.2 Å². The van der Waals surface area contributed by atoms with Gasteiger partial charge in [-0.3, -0.25) is 0 Å². The molecule has 0 aliphatic heterocycles. The maximum atomic E-state index is 14.2. The van der Waals surface area contributed by atoms with E-state index in [9.17, 15) is 17.6 Å². The zero-order valence-corrected chi connectivity index (χ0v) is 20.7. The molecule has 7 heteroatoms. The Morgan fingerprint density at radius 3 is 2.26 bits per heavy atom. The Kier molecular flexibility index (Phi) is 10.1. The first kappa shape index (κ1) is 28.2. The quantitative estimate of drug-likeness (QED) is 0.110. The average Bonchev–Trinajstić information content (AvgIpc) is 2.81. The minimum Gasteiger partial charge on any atom is -0.359 e. The van der Waals surface area contributed by atoms with Crippen molar-refractivity contribution in [2.75, 3.05) is 11.9 Å². The molecular weight excluding hydrogens is 454 g/mol. The fraction of sp³-hybridized carbons (Fsp3) is 0.357. The van der Waals surface area contributed by atoms with Crippen molar-refractivity contribution in [3.63, 3.8) is 0 Å². The highest BCUT2D eigenvalue weighted by molar-refractivity contribution is 5.50. The lowest BCUT2D eigenvalue weighted by molar-refractivity contribution is 0.151. The van der Waals surface area contributed by atoms with Crippen molar-refractivity contribution in [3.8, 4) is 0 Å². The molecule has 0 heterocycles. The Labute approximate surface area is 206 Å². The average molecular weight is 490 g/mol. The van der Waals surface area contributed by atoms with Crippen molar-refractivity contribution >= 4 is 5.69 Å². The molecule has 2 rings (SSSR count). The summed E-state index contributed by atoms with van der Waals surface area (Å²) in [7, 11) is 0. The summed E-state index contributed by atoms with van der Waals surface area (Å²) >= 11 is 0. The van der Waals surface area contributed by atoms with E-state index < -0.39 is 18.1 Å². The third-order valence-corrected chi connectivity index (χ3v) is 6.43. The summed E-state index contributed by atoms with van der Waals surface area (Å²) in [5.74, 6) is -1.79. The van der Waals surface area contributed by atoms with E-state index in [1.165, 1.54) is 18.2 Å². The molecule has 3 nitrogen and oxygen atoms in total. The molecule has 2 aromatic rings. The molecule has 3 N–H and O–H groups in total. The summed E-state index contributed by atoms with van der Waals surface area (Å²) in [6.07, 6.45) is -0.632. The molecule has 0 radical (unpaired) electrons. The summed E-state index contributed by atoms with van der Waals surface area (Å²) in [5, 5.41) is 3.12. The van der Waals surface area contributed by atoms with Crippen LogP contribution in [0.4, 0.5) is 23.2 Å². The van der Waals surface area contributed by atoms with Crippen LogP contribution < -0.4 is 16.2 Å². The second-order valence-corrected chi connectivity index (χ2v) is 9.21. The third kappa shape index (κ3) is 7.99. The molecule has 0 saturated heterocycles. The van der Waals surface area contributed by atoms with Gasteiger partial charge in [0.1, 0.15) is 0 Å². The smallest absolute Gasteiger partial charge is 0.263 e. The number of hydrogen-bond donors (Lipinski definition) is 3. The van der Waals surface area contributed by atoms with Gasteiger partial charge in [-0.2, -0.15) is 0 Å². The standard InChI is InChI=1S/C28H35F4N3/c1-18(2)28(6,17-23-9-7-10-25(29)26(23)30)15-8-16-33-35-21(5)19(3)20(4)34-24-13-11-22(12-14-24)27(31)32/h7,9-14,19,27,33-35H,1,4-5,8,15-17H2,2-3,6H3. The number of allylic oxidation sites excluding steroid dienone is 1. The number of halogens is 4. The van der Waals surface area contributed by atoms with E-state index in [4.69, 9.17) is 0 Å². The van der Waals surface area contributed by atoms with Crippen LogP contribution in [-0.4, -0.2) is 6.54 Å². The Balaban J connectivity index is 1.80. The summed E-state index contributed by atoms with van der Waals surface area (Å²) in [5.41, 5.74) is 9.09. The number of alkyl halides is 2. The second-order valence-electron chi connectivity index (χ2n) is 9.21. The maximum absolute atomic E-state index is 14.2. The van der Waals surface area contributed by atoms with Gasteiger partial charge in [0, 0.05) is 35.1 Å². The molecule has 190 valence electrons. The van der Waals surface area contributed by atoms with Crippen molar-refractivity contribution in [2.24, 2.45) is 11.3 Å². The van der Waals surface area contributed by atoms with Gasteiger partial charge < -0.3 is 10.7 Å². The minimum atomic E-state index is -2.50. The van der Waals surface area contributed by atoms with Crippen LogP contribution in [0.2, 0.25) is 0 Å². The molecule has 0 bridgehead atoms. The molecule has 0 fully saturated rings. The first-order valence-electron chi connectivity index (χ1n) is 11.5. The molecule has 0 amide bonds. The van der Waals surface area contributed by atoms with Crippen molar-refractivity contribution in [2.45, 2.75) is 46.5 Å². The Hall–Kier alpha value is -3.06. The van der Waals surface area contributed by atoms with Gasteiger partial charge in [0.15, 0.2) is 11.6 Å². The van der Waals surface area contributed by atoms with Gasteiger partial charge in [0.05, 0.1) is 0 Å². The van der Waals surface area contributed by atoms with E-state index in [1.54, 1.807) is 18.2 Å². The zero-order valence-electron chi connectivity index (χ0n) is 20.7. The van der Waals surface area contributed by atoms with E-state index in [-0.39, 0.29) is 16.9 Å². The van der Waals surface area contributed by atoms with Crippen LogP contribution in [0, 0.1) is 23.0 Å². The van der Waals surface area contributed by atoms with Crippen LogP contribution >= 0.6 is 0 Å². The van der Waals surface area contributed by atoms with E-state index in [0.717, 1.165) is 24.5 Å². The zero-order chi connectivity index (χ0) is 26.2. The minimum absolute atomic E-state index is 0.0340. The van der Waals surface area contributed by atoms with Crippen molar-refractivity contribution in [1.82, 2.24) is 10.9 Å². The van der Waals surface area contributed by atoms with Crippen LogP contribution in [-0.2, 0) is 6.42 Å². The van der Waals surface area contributed by atoms with E-state index >= 15 is 0 Å². The van der Waals surface area contributed by atoms with Gasteiger partial charge in [-0.1, -0.05) is 63.4 Å². The second kappa shape index (κ2) is 12.6. The van der Waals surface area contributed by atoms with Crippen LogP contribution in [0.3, 0.4) is 0 Å². The summed E-state index contributed by atoms with van der Waals surface area (Å²) in [6.45, 7) is 18.6. The number of hydrogen-bond acceptors (Lipinski definition) is 3. The topological polar surface area (TPSA) is 36.1 Å². The Bertz CT molecular complexity index is 1030. The lowest BCUT2D eigenvalue weighted by Crippen LogP contribution is -2.35. The SMILES string of the molecule is C=C(NNCCCC(C)(Cc1cccc(F)c1F)C(=C)C)C(C)C(=C)Nc1ccc(C(F)F)cc1. The van der Waals surface area contributed by atoms with Crippen molar-refractivity contribution in [3.05, 3.63) is 102 Å². The largest absolute Gasteiger partial charge is 0.359 e. The van der Waals surface area contributed by atoms with Crippen LogP contribution in [0.25, 0.3) is 0 Å². The number of benzene rings is 2. The number of anilines is 1. The fourth-order valence-corrected chi connectivity index (χ4v) is 3.63. The van der Waals surface area contributed by atoms with Gasteiger partial charge >= 0.3 is 0 Å². The number of hydrazine groups is 1. The Morgan fingerprint density at radius 1 is 1.00 bits per heavy atom. The lowest BCUT2D eigenvalue weighted by Gasteiger charge is -2.31. The maximum Gasteiger partial charge on any atom is 0.263 e. The van der Waals surface area contributed by atoms with Gasteiger partial charge in [0.25, 0.3) is 6.43 Å². The molecule has 2 atom stereocenters. The normalized spacial score (nSPS) is 13.7. The molecule has 2 aromatic carbocycles. The van der Waals surface area contributed by atoms with Gasteiger partial charge in [-0.25, -0.2) is 23.0 Å². The summed E-state index contributed by atoms with van der Waals surface area (Å²) in [4.78, 5) is 0. The summed E-state index contributed by atoms with van der Waals surface area (Å²) < 4.78 is 53.2. The van der Waals surface area contributed by atoms with Crippen molar-refractivity contribution < 1.29 is 17.6 Å². The molecule has 0 saturated carbocycles. The highest BCUT2D eigenvalue weighted by atomic mass is 19.3. The van der Waals surface area contributed by atoms with Crippen LogP contribution in [0.5, 0.6) is 0 Å². The number of nitrogens with one attached hydrogen (secondary N) is 3. The first-order chi connectivity index (χ1) is 16.4. The lowest BCUT2D eigenvalue weighted by atomic mass is 9.74. The fourth-order valence-electron chi connectivity index (χ4n) is 3.63. The third-order valence-electron chi connectivity index (χ3n) is 6.43. The van der Waals surface area contributed by atoms with Crippen LogP contribution in [0.1, 0.15) is 51.2 Å². The molecule has 0 aromatic heterocycles. The highest BCUT2D eigenvalue weighted by Crippen LogP contribution is 2.36. The first-order valence-corrected chi connectivity index (χ1v) is 11.5. The van der Waals surface area contributed by atoms with Gasteiger partial charge in [0.2, 0.25) is 0 Å². The predicted octanol–water partition coefficient (Wildman–Crippen LogP) is 7.68. The predicted molar refractivity (Wildman–Crippen MR) is 136 cm³/mol. The Morgan fingerprint density at radius 2 is 1.66 bits per heavy atom. The molecule has 35 heavy (non-hydrogen) atoms. The molecule has 0 aliphatic rings. The number of rotatable bonds is 14. The molecule has 2 unspecified atom stereocenters. The van der Waals surface area contributed by atoms with Crippen molar-refractivity contribution in [1.29, 1.82) is 0 Å². The van der Waals surface area contributed by atoms with Gasteiger partial charge in [-0.05, 0) is 55.4 Å². The highest BCUT2D eigenvalue weighted by Gasteiger charge is 2.27. The van der Waals surface area contributed by atoms with E-state index in [2.05, 4.69) is 35.9 Å². The molecular formula is C28H35F4N3. The van der Waals surface area contributed by atoms with Gasteiger partial charge in [-0.15, -0.1) is 0 Å². The van der Waals surface area contributed by atoms with E-state index in [0.29, 0.717) is 35.6 Å². The molecule has 0 aliphatic carbocycles. The monoisotopic (exact) mass is 489 g/mol. The summed E-state index contributed by atoms with van der Waals surface area (Å²) in [6, 6.07) is 10.2.